The second kappa shape index (κ2) is 18.5. The first-order valence-corrected chi connectivity index (χ1v) is 22.6. The Kier molecular flexibility index (Phi) is 12.4. The normalized spacial score (nSPS) is 20.3. The van der Waals surface area contributed by atoms with E-state index >= 15 is 0 Å². The van der Waals surface area contributed by atoms with Gasteiger partial charge in [-0.05, 0) is 76.6 Å². The van der Waals surface area contributed by atoms with Crippen molar-refractivity contribution in [3.63, 3.8) is 0 Å². The SMILES string of the molecule is CC[C@H](C)C(NC(=O)OC)C(=O)N1C[C@@H](C)C[C@H]1c1ncc(-c2ccc3c(c2)COc2cc4c(ccc5nc([C@@H]6C[C@H](COC)CN6C(=O)C(NC(=O)OC)c6ccccc6)[nH]c54)cc2-3)[nH]1. The van der Waals surface area contributed by atoms with E-state index in [1.54, 1.807) is 12.0 Å². The zero-order chi connectivity index (χ0) is 46.2. The number of carbonyl (C=O) groups excluding carboxylic acids is 4. The van der Waals surface area contributed by atoms with E-state index in [0.717, 1.165) is 61.9 Å². The lowest BCUT2D eigenvalue weighted by Crippen LogP contribution is -2.51. The monoisotopic (exact) mass is 896 g/mol. The number of H-pyrrole nitrogens is 2. The second-order valence-corrected chi connectivity index (χ2v) is 17.9. The van der Waals surface area contributed by atoms with E-state index in [9.17, 15) is 19.2 Å². The average Bonchev–Trinajstić information content (AvgIpc) is 4.17. The van der Waals surface area contributed by atoms with Crippen molar-refractivity contribution in [2.24, 2.45) is 17.8 Å². The van der Waals surface area contributed by atoms with E-state index < -0.39 is 30.3 Å². The van der Waals surface area contributed by atoms with Gasteiger partial charge in [-0.1, -0.05) is 75.7 Å². The van der Waals surface area contributed by atoms with Gasteiger partial charge in [0.15, 0.2) is 0 Å². The Balaban J connectivity index is 0.979. The lowest BCUT2D eigenvalue weighted by Gasteiger charge is -2.30. The van der Waals surface area contributed by atoms with Gasteiger partial charge in [-0.25, -0.2) is 19.6 Å². The van der Waals surface area contributed by atoms with Gasteiger partial charge in [0.1, 0.15) is 36.1 Å². The first-order chi connectivity index (χ1) is 32.0. The first-order valence-electron chi connectivity index (χ1n) is 22.6. The average molecular weight is 897 g/mol. The molecule has 4 N–H and O–H groups in total. The van der Waals surface area contributed by atoms with Crippen molar-refractivity contribution >= 4 is 45.8 Å². The second-order valence-electron chi connectivity index (χ2n) is 17.9. The fourth-order valence-corrected chi connectivity index (χ4v) is 9.94. The minimum absolute atomic E-state index is 0.0579. The van der Waals surface area contributed by atoms with Gasteiger partial charge in [0.05, 0.1) is 55.8 Å². The summed E-state index contributed by atoms with van der Waals surface area (Å²) in [4.78, 5) is 73.7. The number of ether oxygens (including phenoxy) is 4. The van der Waals surface area contributed by atoms with Crippen LogP contribution >= 0.6 is 0 Å². The van der Waals surface area contributed by atoms with Crippen LogP contribution in [0, 0.1) is 17.8 Å². The summed E-state index contributed by atoms with van der Waals surface area (Å²) in [7, 11) is 4.23. The van der Waals surface area contributed by atoms with Crippen LogP contribution in [-0.4, -0.2) is 101 Å². The standard InChI is InChI=1S/C50H56N8O8/c1-7-28(3)42(55-49(61)64-5)47(59)57-23-27(2)17-39(57)45-51-22-38(53-45)32-13-15-34-33(19-32)26-66-41-21-35-31(20-36(34)41)14-16-37-44(35)54-46(52-37)40-18-29(25-63-4)24-58(40)48(60)43(56-50(62)65-6)30-11-9-8-10-12-30/h8-16,19-22,27-29,39-40,42-43H,7,17-18,23-26H2,1-6H3,(H,51,53)(H,52,54)(H,55,61)(H,56,62)/t27-,28-,29-,39-,40-,42?,43?/m0/s1. The lowest BCUT2D eigenvalue weighted by molar-refractivity contribution is -0.136. The molecule has 4 aromatic carbocycles. The molecule has 3 aliphatic rings. The van der Waals surface area contributed by atoms with Crippen LogP contribution in [0.25, 0.3) is 44.2 Å². The number of aromatic nitrogens is 4. The zero-order valence-corrected chi connectivity index (χ0v) is 38.1. The number of aromatic amines is 2. The molecule has 2 aromatic heterocycles. The predicted octanol–water partition coefficient (Wildman–Crippen LogP) is 7.98. The third-order valence-electron chi connectivity index (χ3n) is 13.5. The number of hydrogen-bond acceptors (Lipinski definition) is 10. The number of carbonyl (C=O) groups is 4. The number of rotatable bonds is 12. The molecule has 16 nitrogen and oxygen atoms in total. The van der Waals surface area contributed by atoms with Gasteiger partial charge in [-0.2, -0.15) is 0 Å². The minimum Gasteiger partial charge on any atom is -0.488 e. The number of likely N-dealkylation sites (tertiary alicyclic amines) is 2. The van der Waals surface area contributed by atoms with Gasteiger partial charge in [0, 0.05) is 37.1 Å². The molecular formula is C50H56N8O8. The molecule has 16 heteroatoms. The molecule has 6 aromatic rings. The van der Waals surface area contributed by atoms with Gasteiger partial charge in [-0.15, -0.1) is 0 Å². The Morgan fingerprint density at radius 2 is 1.61 bits per heavy atom. The van der Waals surface area contributed by atoms with E-state index in [1.165, 1.54) is 14.2 Å². The van der Waals surface area contributed by atoms with Crippen LogP contribution in [0.1, 0.15) is 80.9 Å². The van der Waals surface area contributed by atoms with Crippen molar-refractivity contribution in [1.29, 1.82) is 0 Å². The maximum Gasteiger partial charge on any atom is 0.407 e. The molecule has 0 aliphatic carbocycles. The third kappa shape index (κ3) is 8.41. The molecule has 344 valence electrons. The number of alkyl carbamates (subject to hydrolysis) is 2. The molecule has 0 saturated carbocycles. The molecule has 9 rings (SSSR count). The number of amides is 4. The quantitative estimate of drug-likeness (QED) is 0.0936. The molecular weight excluding hydrogens is 841 g/mol. The van der Waals surface area contributed by atoms with Crippen molar-refractivity contribution < 1.29 is 38.1 Å². The Hall–Kier alpha value is -6.94. The lowest BCUT2D eigenvalue weighted by atomic mass is 9.92. The summed E-state index contributed by atoms with van der Waals surface area (Å²) in [5.41, 5.74) is 7.11. The summed E-state index contributed by atoms with van der Waals surface area (Å²) < 4.78 is 21.8. The molecule has 2 fully saturated rings. The fourth-order valence-electron chi connectivity index (χ4n) is 9.94. The number of fused-ring (bicyclic) bond motifs is 6. The highest BCUT2D eigenvalue weighted by atomic mass is 16.5. The van der Waals surface area contributed by atoms with Crippen molar-refractivity contribution in [2.45, 2.75) is 70.8 Å². The molecule has 2 saturated heterocycles. The van der Waals surface area contributed by atoms with Crippen molar-refractivity contribution in [3.05, 3.63) is 102 Å². The molecule has 3 aliphatic heterocycles. The van der Waals surface area contributed by atoms with Gasteiger partial charge < -0.3 is 49.3 Å². The van der Waals surface area contributed by atoms with Crippen molar-refractivity contribution in [2.75, 3.05) is 41.0 Å². The van der Waals surface area contributed by atoms with Gasteiger partial charge in [0.2, 0.25) is 5.91 Å². The Morgan fingerprint density at radius 1 is 0.848 bits per heavy atom. The smallest absolute Gasteiger partial charge is 0.407 e. The molecule has 0 radical (unpaired) electrons. The summed E-state index contributed by atoms with van der Waals surface area (Å²) in [6, 6.07) is 21.4. The van der Waals surface area contributed by atoms with E-state index in [1.807, 2.05) is 61.3 Å². The highest BCUT2D eigenvalue weighted by Crippen LogP contribution is 2.44. The fraction of sp³-hybridized carbons (Fsp3) is 0.400. The van der Waals surface area contributed by atoms with Crippen LogP contribution in [0.15, 0.2) is 79.0 Å². The van der Waals surface area contributed by atoms with E-state index in [4.69, 9.17) is 28.9 Å². The number of nitrogens with zero attached hydrogens (tertiary/aromatic N) is 4. The van der Waals surface area contributed by atoms with Gasteiger partial charge in [-0.3, -0.25) is 9.59 Å². The first kappa shape index (κ1) is 44.3. The van der Waals surface area contributed by atoms with E-state index in [2.05, 4.69) is 63.9 Å². The minimum atomic E-state index is -0.956. The number of imidazole rings is 2. The molecule has 0 bridgehead atoms. The topological polar surface area (TPSA) is 193 Å². The van der Waals surface area contributed by atoms with Crippen LogP contribution in [0.2, 0.25) is 0 Å². The van der Waals surface area contributed by atoms with Crippen LogP contribution in [0.3, 0.4) is 0 Å². The third-order valence-corrected chi connectivity index (χ3v) is 13.5. The van der Waals surface area contributed by atoms with E-state index in [-0.39, 0.29) is 35.6 Å². The van der Waals surface area contributed by atoms with Crippen molar-refractivity contribution in [1.82, 2.24) is 40.4 Å². The largest absolute Gasteiger partial charge is 0.488 e. The number of nitrogens with one attached hydrogen (secondary N) is 4. The molecule has 0 spiro atoms. The highest BCUT2D eigenvalue weighted by Gasteiger charge is 2.42. The van der Waals surface area contributed by atoms with Gasteiger partial charge >= 0.3 is 12.2 Å². The number of hydrogen-bond donors (Lipinski definition) is 4. The molecule has 4 amide bonds. The highest BCUT2D eigenvalue weighted by molar-refractivity contribution is 6.07. The molecule has 66 heavy (non-hydrogen) atoms. The predicted molar refractivity (Wildman–Crippen MR) is 247 cm³/mol. The summed E-state index contributed by atoms with van der Waals surface area (Å²) in [6.07, 6.45) is 2.58. The number of benzene rings is 4. The van der Waals surface area contributed by atoms with Crippen LogP contribution in [0.5, 0.6) is 5.75 Å². The van der Waals surface area contributed by atoms with Crippen LogP contribution < -0.4 is 15.4 Å². The van der Waals surface area contributed by atoms with E-state index in [0.29, 0.717) is 56.4 Å². The van der Waals surface area contributed by atoms with Gasteiger partial charge in [0.25, 0.3) is 5.91 Å². The zero-order valence-electron chi connectivity index (χ0n) is 38.1. The molecule has 2 unspecified atom stereocenters. The van der Waals surface area contributed by atoms with Crippen LogP contribution in [0.4, 0.5) is 9.59 Å². The summed E-state index contributed by atoms with van der Waals surface area (Å²) in [5.74, 6) is 1.94. The Morgan fingerprint density at radius 3 is 2.36 bits per heavy atom. The summed E-state index contributed by atoms with van der Waals surface area (Å²) in [5, 5.41) is 7.47. The molecule has 5 heterocycles. The maximum absolute atomic E-state index is 14.4. The maximum atomic E-state index is 14.4. The summed E-state index contributed by atoms with van der Waals surface area (Å²) >= 11 is 0. The Bertz CT molecular complexity index is 2790. The van der Waals surface area contributed by atoms with Crippen molar-refractivity contribution in [3.8, 4) is 28.1 Å². The molecule has 7 atom stereocenters. The van der Waals surface area contributed by atoms with Crippen LogP contribution in [-0.2, 0) is 30.4 Å². The Labute approximate surface area is 382 Å². The summed E-state index contributed by atoms with van der Waals surface area (Å²) in [6.45, 7) is 7.91. The number of methoxy groups -OCH3 is 3.